The van der Waals surface area contributed by atoms with Gasteiger partial charge < -0.3 is 5.32 Å². The molecule has 1 saturated heterocycles. The van der Waals surface area contributed by atoms with E-state index in [4.69, 9.17) is 0 Å². The van der Waals surface area contributed by atoms with E-state index in [1.54, 1.807) is 0 Å². The maximum Gasteiger partial charge on any atom is 0.140 e. The van der Waals surface area contributed by atoms with Gasteiger partial charge in [-0.2, -0.15) is 0 Å². The lowest BCUT2D eigenvalue weighted by Gasteiger charge is -2.26. The highest BCUT2D eigenvalue weighted by Crippen LogP contribution is 2.50. The predicted molar refractivity (Wildman–Crippen MR) is 64.2 cm³/mol. The fraction of sp³-hybridized carbons (Fsp3) is 0.929. The zero-order valence-electron chi connectivity index (χ0n) is 10.3. The Bertz CT molecular complexity index is 293. The van der Waals surface area contributed by atoms with Gasteiger partial charge in [-0.1, -0.05) is 13.3 Å². The van der Waals surface area contributed by atoms with E-state index >= 15 is 0 Å². The Labute approximate surface area is 98.2 Å². The predicted octanol–water partition coefficient (Wildman–Crippen LogP) is 2.38. The number of hydrogen-bond donors (Lipinski definition) is 1. The zero-order valence-corrected chi connectivity index (χ0v) is 10.3. The fourth-order valence-electron chi connectivity index (χ4n) is 4.17. The van der Waals surface area contributed by atoms with Crippen molar-refractivity contribution in [1.29, 1.82) is 0 Å². The molecule has 4 atom stereocenters. The molecule has 3 fully saturated rings. The molecular formula is C14H23NO. The van der Waals surface area contributed by atoms with Crippen LogP contribution in [-0.2, 0) is 4.79 Å². The van der Waals surface area contributed by atoms with Gasteiger partial charge >= 0.3 is 0 Å². The number of fused-ring (bicyclic) bond motifs is 2. The minimum Gasteiger partial charge on any atom is -0.316 e. The summed E-state index contributed by atoms with van der Waals surface area (Å²) in [6.07, 6.45) is 7.53. The molecule has 2 saturated carbocycles. The average molecular weight is 221 g/mol. The monoisotopic (exact) mass is 221 g/mol. The minimum absolute atomic E-state index is 0.0398. The first kappa shape index (κ1) is 10.8. The third kappa shape index (κ3) is 1.71. The number of nitrogens with one attached hydrogen (secondary N) is 1. The van der Waals surface area contributed by atoms with Crippen molar-refractivity contribution < 1.29 is 4.79 Å². The van der Waals surface area contributed by atoms with Crippen molar-refractivity contribution in [2.75, 3.05) is 13.1 Å². The van der Waals surface area contributed by atoms with Gasteiger partial charge in [0.2, 0.25) is 0 Å². The molecule has 1 heterocycles. The van der Waals surface area contributed by atoms with Gasteiger partial charge in [0.1, 0.15) is 5.78 Å². The van der Waals surface area contributed by atoms with Crippen LogP contribution in [-0.4, -0.2) is 18.9 Å². The van der Waals surface area contributed by atoms with Crippen LogP contribution in [0.15, 0.2) is 0 Å². The number of Topliss-reactive ketones (excluding diaryl/α,β-unsaturated/α-hetero) is 1. The van der Waals surface area contributed by atoms with E-state index in [1.165, 1.54) is 25.7 Å². The molecule has 0 amide bonds. The average Bonchev–Trinajstić information content (AvgIpc) is 2.93. The van der Waals surface area contributed by atoms with Crippen LogP contribution < -0.4 is 5.32 Å². The molecule has 1 aliphatic heterocycles. The van der Waals surface area contributed by atoms with Crippen LogP contribution in [0.25, 0.3) is 0 Å². The van der Waals surface area contributed by atoms with Gasteiger partial charge in [0, 0.05) is 18.4 Å². The second-order valence-electron chi connectivity index (χ2n) is 6.55. The molecule has 2 aliphatic carbocycles. The molecule has 2 bridgehead atoms. The van der Waals surface area contributed by atoms with Crippen LogP contribution in [0.3, 0.4) is 0 Å². The van der Waals surface area contributed by atoms with Crippen molar-refractivity contribution in [3.8, 4) is 0 Å². The van der Waals surface area contributed by atoms with E-state index < -0.39 is 0 Å². The molecule has 0 aromatic rings. The Morgan fingerprint density at radius 2 is 2.25 bits per heavy atom. The van der Waals surface area contributed by atoms with Gasteiger partial charge in [-0.05, 0) is 50.0 Å². The number of hydrogen-bond acceptors (Lipinski definition) is 2. The van der Waals surface area contributed by atoms with Gasteiger partial charge in [-0.15, -0.1) is 0 Å². The van der Waals surface area contributed by atoms with Crippen molar-refractivity contribution in [2.45, 2.75) is 45.4 Å². The van der Waals surface area contributed by atoms with E-state index in [9.17, 15) is 4.79 Å². The molecule has 0 spiro atoms. The summed E-state index contributed by atoms with van der Waals surface area (Å²) in [7, 11) is 0. The van der Waals surface area contributed by atoms with Gasteiger partial charge in [0.15, 0.2) is 0 Å². The van der Waals surface area contributed by atoms with Crippen LogP contribution in [0.4, 0.5) is 0 Å². The molecule has 2 heteroatoms. The van der Waals surface area contributed by atoms with Gasteiger partial charge in [-0.25, -0.2) is 0 Å². The lowest BCUT2D eigenvalue weighted by atomic mass is 9.77. The summed E-state index contributed by atoms with van der Waals surface area (Å²) in [6, 6.07) is 0. The van der Waals surface area contributed by atoms with Crippen LogP contribution >= 0.6 is 0 Å². The lowest BCUT2D eigenvalue weighted by Crippen LogP contribution is -2.32. The molecule has 16 heavy (non-hydrogen) atoms. The highest BCUT2D eigenvalue weighted by atomic mass is 16.1. The van der Waals surface area contributed by atoms with Crippen LogP contribution in [0.1, 0.15) is 45.4 Å². The zero-order chi connectivity index (χ0) is 11.2. The molecule has 0 aromatic carbocycles. The number of rotatable bonds is 3. The normalized spacial score (nSPS) is 46.4. The summed E-state index contributed by atoms with van der Waals surface area (Å²) in [4.78, 5) is 12.4. The third-order valence-corrected chi connectivity index (χ3v) is 5.37. The molecule has 3 rings (SSSR count). The summed E-state index contributed by atoms with van der Waals surface area (Å²) >= 11 is 0. The van der Waals surface area contributed by atoms with Crippen molar-refractivity contribution >= 4 is 5.78 Å². The van der Waals surface area contributed by atoms with Crippen molar-refractivity contribution in [3.63, 3.8) is 0 Å². The number of carbonyl (C=O) groups excluding carboxylic acids is 1. The fourth-order valence-corrected chi connectivity index (χ4v) is 4.17. The van der Waals surface area contributed by atoms with E-state index in [-0.39, 0.29) is 5.41 Å². The Hall–Kier alpha value is -0.370. The van der Waals surface area contributed by atoms with E-state index in [0.717, 1.165) is 43.7 Å². The molecule has 90 valence electrons. The van der Waals surface area contributed by atoms with Crippen molar-refractivity contribution in [1.82, 2.24) is 5.32 Å². The largest absolute Gasteiger partial charge is 0.316 e. The number of carbonyl (C=O) groups is 1. The summed E-state index contributed by atoms with van der Waals surface area (Å²) < 4.78 is 0. The lowest BCUT2D eigenvalue weighted by molar-refractivity contribution is -0.128. The van der Waals surface area contributed by atoms with Crippen molar-refractivity contribution in [2.24, 2.45) is 23.2 Å². The molecule has 0 aromatic heterocycles. The smallest absolute Gasteiger partial charge is 0.140 e. The molecular weight excluding hydrogens is 198 g/mol. The topological polar surface area (TPSA) is 29.1 Å². The second-order valence-corrected chi connectivity index (χ2v) is 6.55. The SMILES string of the molecule is CC1(C(=O)CC2CC3CCC2C3)CCNC1. The molecule has 3 aliphatic rings. The molecule has 4 unspecified atom stereocenters. The first-order chi connectivity index (χ1) is 7.67. The molecule has 1 N–H and O–H groups in total. The van der Waals surface area contributed by atoms with E-state index in [0.29, 0.717) is 5.78 Å². The van der Waals surface area contributed by atoms with E-state index in [2.05, 4.69) is 12.2 Å². The second kappa shape index (κ2) is 3.83. The van der Waals surface area contributed by atoms with Crippen molar-refractivity contribution in [3.05, 3.63) is 0 Å². The highest BCUT2D eigenvalue weighted by molar-refractivity contribution is 5.85. The Balaban J connectivity index is 1.60. The van der Waals surface area contributed by atoms with Gasteiger partial charge in [0.05, 0.1) is 0 Å². The Morgan fingerprint density at radius 3 is 2.81 bits per heavy atom. The number of ketones is 1. The third-order valence-electron chi connectivity index (χ3n) is 5.37. The summed E-state index contributed by atoms with van der Waals surface area (Å²) in [6.45, 7) is 4.09. The Morgan fingerprint density at radius 1 is 1.38 bits per heavy atom. The quantitative estimate of drug-likeness (QED) is 0.793. The maximum atomic E-state index is 12.4. The highest BCUT2D eigenvalue weighted by Gasteiger charge is 2.43. The first-order valence-corrected chi connectivity index (χ1v) is 6.91. The van der Waals surface area contributed by atoms with E-state index in [1.807, 2.05) is 0 Å². The van der Waals surface area contributed by atoms with Gasteiger partial charge in [-0.3, -0.25) is 4.79 Å². The Kier molecular flexibility index (Phi) is 2.58. The minimum atomic E-state index is -0.0398. The maximum absolute atomic E-state index is 12.4. The van der Waals surface area contributed by atoms with Crippen LogP contribution in [0.5, 0.6) is 0 Å². The van der Waals surface area contributed by atoms with Gasteiger partial charge in [0.25, 0.3) is 0 Å². The van der Waals surface area contributed by atoms with Crippen LogP contribution in [0, 0.1) is 23.2 Å². The summed E-state index contributed by atoms with van der Waals surface area (Å²) in [5.74, 6) is 3.14. The standard InChI is InChI=1S/C14H23NO/c1-14(4-5-15-9-14)13(16)8-12-7-10-2-3-11(12)6-10/h10-12,15H,2-9H2,1H3. The molecule has 0 radical (unpaired) electrons. The summed E-state index contributed by atoms with van der Waals surface area (Å²) in [5, 5.41) is 3.33. The molecule has 2 nitrogen and oxygen atoms in total. The summed E-state index contributed by atoms with van der Waals surface area (Å²) in [5.41, 5.74) is -0.0398. The van der Waals surface area contributed by atoms with Crippen LogP contribution in [0.2, 0.25) is 0 Å². The first-order valence-electron chi connectivity index (χ1n) is 6.91.